The van der Waals surface area contributed by atoms with Gasteiger partial charge in [-0.25, -0.2) is 4.79 Å². The van der Waals surface area contributed by atoms with Crippen molar-refractivity contribution in [2.75, 3.05) is 26.2 Å². The molecule has 0 spiro atoms. The molecular weight excluding hydrogens is 328 g/mol. The van der Waals surface area contributed by atoms with Crippen molar-refractivity contribution in [2.45, 2.75) is 39.2 Å². The summed E-state index contributed by atoms with van der Waals surface area (Å²) in [7, 11) is 0. The number of H-pyrrole nitrogens is 1. The van der Waals surface area contributed by atoms with Gasteiger partial charge in [-0.2, -0.15) is 0 Å². The minimum atomic E-state index is -0.541. The third-order valence-corrected chi connectivity index (χ3v) is 5.16. The maximum atomic E-state index is 13.0. The fourth-order valence-electron chi connectivity index (χ4n) is 3.63. The van der Waals surface area contributed by atoms with Crippen LogP contribution in [0.15, 0.2) is 30.5 Å². The molecule has 0 unspecified atom stereocenters. The SMILES string of the molecule is CCN(CC)C(=O)N[C@@H](Cc1c[nH]c2ccccc12)C(=O)N1CCCC1. The van der Waals surface area contributed by atoms with E-state index in [1.165, 1.54) is 0 Å². The zero-order chi connectivity index (χ0) is 18.5. The highest BCUT2D eigenvalue weighted by Crippen LogP contribution is 2.20. The second-order valence-electron chi connectivity index (χ2n) is 6.77. The van der Waals surface area contributed by atoms with Crippen LogP contribution in [0.2, 0.25) is 0 Å². The number of para-hydroxylation sites is 1. The maximum absolute atomic E-state index is 13.0. The molecule has 1 atom stereocenters. The zero-order valence-electron chi connectivity index (χ0n) is 15.6. The molecule has 2 aromatic rings. The third kappa shape index (κ3) is 3.84. The second-order valence-corrected chi connectivity index (χ2v) is 6.77. The number of nitrogens with zero attached hydrogens (tertiary/aromatic N) is 2. The normalized spacial score (nSPS) is 15.2. The molecule has 6 nitrogen and oxygen atoms in total. The van der Waals surface area contributed by atoms with E-state index in [9.17, 15) is 9.59 Å². The number of fused-ring (bicyclic) bond motifs is 1. The van der Waals surface area contributed by atoms with Crippen molar-refractivity contribution in [2.24, 2.45) is 0 Å². The van der Waals surface area contributed by atoms with Crippen LogP contribution >= 0.6 is 0 Å². The Balaban J connectivity index is 1.82. The quantitative estimate of drug-likeness (QED) is 0.836. The number of carbonyl (C=O) groups excluding carboxylic acids is 2. The summed E-state index contributed by atoms with van der Waals surface area (Å²) in [6.07, 6.45) is 4.51. The Morgan fingerprint density at radius 2 is 1.88 bits per heavy atom. The van der Waals surface area contributed by atoms with Crippen LogP contribution in [-0.4, -0.2) is 58.9 Å². The first-order chi connectivity index (χ1) is 12.6. The van der Waals surface area contributed by atoms with Gasteiger partial charge in [0.2, 0.25) is 5.91 Å². The number of likely N-dealkylation sites (tertiary alicyclic amines) is 1. The molecule has 0 saturated carbocycles. The standard InChI is InChI=1S/C20H28N4O2/c1-3-23(4-2)20(26)22-18(19(25)24-11-7-8-12-24)13-15-14-21-17-10-6-5-9-16(15)17/h5-6,9-10,14,18,21H,3-4,7-8,11-13H2,1-2H3,(H,22,26)/t18-/m0/s1. The number of hydrogen-bond donors (Lipinski definition) is 2. The van der Waals surface area contributed by atoms with Crippen LogP contribution in [0.25, 0.3) is 10.9 Å². The topological polar surface area (TPSA) is 68.4 Å². The summed E-state index contributed by atoms with van der Waals surface area (Å²) in [5.74, 6) is 0.0216. The summed E-state index contributed by atoms with van der Waals surface area (Å²) < 4.78 is 0. The van der Waals surface area contributed by atoms with E-state index < -0.39 is 6.04 Å². The molecule has 2 heterocycles. The van der Waals surface area contributed by atoms with Crippen LogP contribution in [0.5, 0.6) is 0 Å². The van der Waals surface area contributed by atoms with Crippen molar-refractivity contribution >= 4 is 22.8 Å². The Bertz CT molecular complexity index is 760. The highest BCUT2D eigenvalue weighted by molar-refractivity contribution is 5.89. The molecule has 1 aromatic carbocycles. The van der Waals surface area contributed by atoms with Gasteiger partial charge in [0.25, 0.3) is 0 Å². The third-order valence-electron chi connectivity index (χ3n) is 5.16. The van der Waals surface area contributed by atoms with Gasteiger partial charge >= 0.3 is 6.03 Å². The van der Waals surface area contributed by atoms with Crippen LogP contribution < -0.4 is 5.32 Å². The first-order valence-corrected chi connectivity index (χ1v) is 9.53. The van der Waals surface area contributed by atoms with E-state index in [-0.39, 0.29) is 11.9 Å². The summed E-state index contributed by atoms with van der Waals surface area (Å²) in [5.41, 5.74) is 2.10. The number of carbonyl (C=O) groups is 2. The van der Waals surface area contributed by atoms with Crippen LogP contribution in [0, 0.1) is 0 Å². The summed E-state index contributed by atoms with van der Waals surface area (Å²) in [4.78, 5) is 32.4. The Hall–Kier alpha value is -2.50. The Labute approximate surface area is 154 Å². The first kappa shape index (κ1) is 18.3. The molecule has 2 N–H and O–H groups in total. The van der Waals surface area contributed by atoms with Gasteiger partial charge in [-0.15, -0.1) is 0 Å². The van der Waals surface area contributed by atoms with Gasteiger partial charge in [0.1, 0.15) is 6.04 Å². The zero-order valence-corrected chi connectivity index (χ0v) is 15.6. The average Bonchev–Trinajstić information content (AvgIpc) is 3.32. The number of aromatic amines is 1. The van der Waals surface area contributed by atoms with Crippen molar-refractivity contribution < 1.29 is 9.59 Å². The summed E-state index contributed by atoms with van der Waals surface area (Å²) in [5, 5.41) is 4.08. The Kier molecular flexibility index (Phi) is 5.81. The summed E-state index contributed by atoms with van der Waals surface area (Å²) in [6, 6.07) is 7.33. The maximum Gasteiger partial charge on any atom is 0.318 e. The van der Waals surface area contributed by atoms with Crippen LogP contribution in [0.1, 0.15) is 32.3 Å². The molecule has 0 aliphatic carbocycles. The summed E-state index contributed by atoms with van der Waals surface area (Å²) in [6.45, 7) is 6.70. The van der Waals surface area contributed by atoms with Crippen molar-refractivity contribution in [1.29, 1.82) is 0 Å². The Morgan fingerprint density at radius 3 is 2.58 bits per heavy atom. The smallest absolute Gasteiger partial charge is 0.318 e. The molecule has 0 radical (unpaired) electrons. The van der Waals surface area contributed by atoms with E-state index in [0.717, 1.165) is 42.4 Å². The average molecular weight is 356 g/mol. The molecular formula is C20H28N4O2. The molecule has 0 bridgehead atoms. The molecule has 3 rings (SSSR count). The lowest BCUT2D eigenvalue weighted by atomic mass is 10.0. The van der Waals surface area contributed by atoms with Crippen LogP contribution in [0.4, 0.5) is 4.79 Å². The van der Waals surface area contributed by atoms with E-state index in [1.54, 1.807) is 4.90 Å². The van der Waals surface area contributed by atoms with Gasteiger partial charge in [-0.05, 0) is 38.3 Å². The van der Waals surface area contributed by atoms with E-state index >= 15 is 0 Å². The van der Waals surface area contributed by atoms with Gasteiger partial charge in [0.05, 0.1) is 0 Å². The van der Waals surface area contributed by atoms with Crippen molar-refractivity contribution in [3.8, 4) is 0 Å². The van der Waals surface area contributed by atoms with E-state index in [1.807, 2.05) is 49.2 Å². The van der Waals surface area contributed by atoms with Gasteiger partial charge in [0.15, 0.2) is 0 Å². The lowest BCUT2D eigenvalue weighted by molar-refractivity contribution is -0.132. The minimum absolute atomic E-state index is 0.0216. The summed E-state index contributed by atoms with van der Waals surface area (Å²) >= 11 is 0. The highest BCUT2D eigenvalue weighted by atomic mass is 16.2. The fraction of sp³-hybridized carbons (Fsp3) is 0.500. The number of hydrogen-bond acceptors (Lipinski definition) is 2. The molecule has 6 heteroatoms. The lowest BCUT2D eigenvalue weighted by Gasteiger charge is -2.27. The minimum Gasteiger partial charge on any atom is -0.361 e. The van der Waals surface area contributed by atoms with Crippen molar-refractivity contribution in [3.05, 3.63) is 36.0 Å². The molecule has 3 amide bonds. The van der Waals surface area contributed by atoms with Gasteiger partial charge in [-0.1, -0.05) is 18.2 Å². The molecule has 1 aromatic heterocycles. The first-order valence-electron chi connectivity index (χ1n) is 9.53. The number of amides is 3. The van der Waals surface area contributed by atoms with E-state index in [4.69, 9.17) is 0 Å². The number of nitrogens with one attached hydrogen (secondary N) is 2. The number of aromatic nitrogens is 1. The Morgan fingerprint density at radius 1 is 1.19 bits per heavy atom. The predicted octanol–water partition coefficient (Wildman–Crippen LogP) is 2.75. The molecule has 1 fully saturated rings. The number of benzene rings is 1. The van der Waals surface area contributed by atoms with Crippen molar-refractivity contribution in [1.82, 2.24) is 20.1 Å². The van der Waals surface area contributed by atoms with E-state index in [0.29, 0.717) is 19.5 Å². The predicted molar refractivity (Wildman–Crippen MR) is 103 cm³/mol. The highest BCUT2D eigenvalue weighted by Gasteiger charge is 2.29. The van der Waals surface area contributed by atoms with E-state index in [2.05, 4.69) is 10.3 Å². The fourth-order valence-corrected chi connectivity index (χ4v) is 3.63. The number of urea groups is 1. The van der Waals surface area contributed by atoms with Gasteiger partial charge in [-0.3, -0.25) is 4.79 Å². The second kappa shape index (κ2) is 8.25. The molecule has 1 aliphatic heterocycles. The molecule has 1 aliphatic rings. The molecule has 140 valence electrons. The molecule has 26 heavy (non-hydrogen) atoms. The number of rotatable bonds is 6. The van der Waals surface area contributed by atoms with Gasteiger partial charge in [0, 0.05) is 49.7 Å². The molecule has 1 saturated heterocycles. The van der Waals surface area contributed by atoms with Crippen LogP contribution in [0.3, 0.4) is 0 Å². The van der Waals surface area contributed by atoms with Gasteiger partial charge < -0.3 is 20.1 Å². The monoisotopic (exact) mass is 356 g/mol. The lowest BCUT2D eigenvalue weighted by Crippen LogP contribution is -2.52. The van der Waals surface area contributed by atoms with Crippen LogP contribution in [-0.2, 0) is 11.2 Å². The van der Waals surface area contributed by atoms with Crippen molar-refractivity contribution in [3.63, 3.8) is 0 Å². The largest absolute Gasteiger partial charge is 0.361 e.